The second-order valence-electron chi connectivity index (χ2n) is 7.67. The summed E-state index contributed by atoms with van der Waals surface area (Å²) < 4.78 is 19.7. The van der Waals surface area contributed by atoms with Gasteiger partial charge in [0.1, 0.15) is 0 Å². The molecule has 1 unspecified atom stereocenters. The molecule has 1 atom stereocenters. The Morgan fingerprint density at radius 3 is 2.52 bits per heavy atom. The van der Waals surface area contributed by atoms with Crippen LogP contribution in [0.4, 0.5) is 9.18 Å². The number of halogens is 1. The van der Waals surface area contributed by atoms with Gasteiger partial charge >= 0.3 is 12.0 Å². The number of nitrogens with one attached hydrogen (secondary N) is 2. The molecule has 3 rings (SSSR count). The molecule has 0 radical (unpaired) electrons. The van der Waals surface area contributed by atoms with Crippen molar-refractivity contribution < 1.29 is 23.8 Å². The number of amides is 2. The highest BCUT2D eigenvalue weighted by molar-refractivity contribution is 5.75. The van der Waals surface area contributed by atoms with E-state index in [0.717, 1.165) is 12.8 Å². The van der Waals surface area contributed by atoms with Gasteiger partial charge in [-0.3, -0.25) is 4.79 Å². The van der Waals surface area contributed by atoms with E-state index in [1.54, 1.807) is 19.1 Å². The van der Waals surface area contributed by atoms with Gasteiger partial charge in [-0.15, -0.1) is 0 Å². The molecule has 2 amide bonds. The van der Waals surface area contributed by atoms with Crippen LogP contribution < -0.4 is 15.4 Å². The monoisotopic (exact) mass is 378 g/mol. The van der Waals surface area contributed by atoms with Crippen LogP contribution in [0.1, 0.15) is 57.1 Å². The number of urea groups is 1. The molecule has 27 heavy (non-hydrogen) atoms. The average molecular weight is 378 g/mol. The van der Waals surface area contributed by atoms with Crippen LogP contribution in [0.2, 0.25) is 0 Å². The minimum atomic E-state index is -0.766. The van der Waals surface area contributed by atoms with Gasteiger partial charge in [-0.25, -0.2) is 9.18 Å². The molecule has 2 fully saturated rings. The summed E-state index contributed by atoms with van der Waals surface area (Å²) in [5, 5.41) is 14.7. The van der Waals surface area contributed by atoms with E-state index in [-0.39, 0.29) is 29.8 Å². The van der Waals surface area contributed by atoms with E-state index in [1.807, 2.05) is 0 Å². The lowest BCUT2D eigenvalue weighted by Crippen LogP contribution is -2.44. The van der Waals surface area contributed by atoms with E-state index in [4.69, 9.17) is 9.84 Å². The number of hydrogen-bond donors (Lipinski definition) is 3. The number of hydrogen-bond acceptors (Lipinski definition) is 3. The Morgan fingerprint density at radius 1 is 1.22 bits per heavy atom. The molecule has 0 heterocycles. The average Bonchev–Trinajstić information content (AvgIpc) is 3.45. The summed E-state index contributed by atoms with van der Waals surface area (Å²) in [6.45, 7) is 2.34. The topological polar surface area (TPSA) is 87.7 Å². The number of carbonyl (C=O) groups excluding carboxylic acids is 1. The van der Waals surface area contributed by atoms with Gasteiger partial charge in [-0.05, 0) is 69.1 Å². The van der Waals surface area contributed by atoms with Crippen molar-refractivity contribution in [1.29, 1.82) is 0 Å². The first kappa shape index (κ1) is 19.5. The first-order valence-corrected chi connectivity index (χ1v) is 9.64. The summed E-state index contributed by atoms with van der Waals surface area (Å²) in [5.41, 5.74) is 0.663. The van der Waals surface area contributed by atoms with Gasteiger partial charge in [0.25, 0.3) is 0 Å². The standard InChI is InChI=1S/C20H27FN2O4/c1-12(15-6-9-18(17(21)10-15)27-11-13-2-3-13)22-20(26)23-16-7-4-14(5-8-16)19(24)25/h6,9-10,12-14,16H,2-5,7-8,11H2,1H3,(H,24,25)(H2,22,23,26). The fourth-order valence-electron chi connectivity index (χ4n) is 3.39. The normalized spacial score (nSPS) is 23.3. The van der Waals surface area contributed by atoms with Crippen molar-refractivity contribution in [3.05, 3.63) is 29.6 Å². The molecule has 1 aromatic carbocycles. The van der Waals surface area contributed by atoms with Crippen LogP contribution >= 0.6 is 0 Å². The maximum absolute atomic E-state index is 14.2. The van der Waals surface area contributed by atoms with Gasteiger partial charge in [0.2, 0.25) is 0 Å². The molecule has 0 spiro atoms. The number of aliphatic carboxylic acids is 1. The first-order chi connectivity index (χ1) is 12.9. The lowest BCUT2D eigenvalue weighted by atomic mass is 9.86. The van der Waals surface area contributed by atoms with E-state index >= 15 is 0 Å². The molecule has 2 aliphatic carbocycles. The summed E-state index contributed by atoms with van der Waals surface area (Å²) in [6, 6.07) is 4.06. The van der Waals surface area contributed by atoms with Crippen LogP contribution in [0.5, 0.6) is 5.75 Å². The number of carboxylic acids is 1. The largest absolute Gasteiger partial charge is 0.490 e. The zero-order valence-corrected chi connectivity index (χ0v) is 15.5. The number of rotatable bonds is 7. The fourth-order valence-corrected chi connectivity index (χ4v) is 3.39. The molecule has 2 saturated carbocycles. The third-order valence-corrected chi connectivity index (χ3v) is 5.39. The zero-order chi connectivity index (χ0) is 19.4. The third-order valence-electron chi connectivity index (χ3n) is 5.39. The number of benzene rings is 1. The minimum absolute atomic E-state index is 0.0252. The fraction of sp³-hybridized carbons (Fsp3) is 0.600. The lowest BCUT2D eigenvalue weighted by Gasteiger charge is -2.27. The number of carbonyl (C=O) groups is 2. The molecule has 1 aromatic rings. The van der Waals surface area contributed by atoms with Crippen molar-refractivity contribution >= 4 is 12.0 Å². The highest BCUT2D eigenvalue weighted by Crippen LogP contribution is 2.30. The van der Waals surface area contributed by atoms with E-state index in [0.29, 0.717) is 43.8 Å². The van der Waals surface area contributed by atoms with E-state index in [2.05, 4.69) is 10.6 Å². The van der Waals surface area contributed by atoms with Gasteiger partial charge < -0.3 is 20.5 Å². The molecular formula is C20H27FN2O4. The molecule has 148 valence electrons. The van der Waals surface area contributed by atoms with Crippen molar-refractivity contribution in [2.45, 2.75) is 57.5 Å². The summed E-state index contributed by atoms with van der Waals surface area (Å²) in [6.07, 6.45) is 4.75. The maximum atomic E-state index is 14.2. The molecular weight excluding hydrogens is 351 g/mol. The molecule has 0 aromatic heterocycles. The predicted molar refractivity (Wildman–Crippen MR) is 98.1 cm³/mol. The Labute approximate surface area is 158 Å². The summed E-state index contributed by atoms with van der Waals surface area (Å²) in [4.78, 5) is 23.2. The third kappa shape index (κ3) is 5.58. The highest BCUT2D eigenvalue weighted by atomic mass is 19.1. The molecule has 2 aliphatic rings. The highest BCUT2D eigenvalue weighted by Gasteiger charge is 2.27. The molecule has 0 saturated heterocycles. The first-order valence-electron chi connectivity index (χ1n) is 9.64. The quantitative estimate of drug-likeness (QED) is 0.676. The van der Waals surface area contributed by atoms with Gasteiger partial charge in [0.05, 0.1) is 18.6 Å². The van der Waals surface area contributed by atoms with Crippen LogP contribution in [0.25, 0.3) is 0 Å². The van der Waals surface area contributed by atoms with Crippen LogP contribution in [0.3, 0.4) is 0 Å². The van der Waals surface area contributed by atoms with Crippen LogP contribution in [-0.4, -0.2) is 29.8 Å². The SMILES string of the molecule is CC(NC(=O)NC1CCC(C(=O)O)CC1)c1ccc(OCC2CC2)c(F)c1. The van der Waals surface area contributed by atoms with E-state index < -0.39 is 11.8 Å². The van der Waals surface area contributed by atoms with Gasteiger partial charge in [-0.1, -0.05) is 6.07 Å². The molecule has 3 N–H and O–H groups in total. The Hall–Kier alpha value is -2.31. The minimum Gasteiger partial charge on any atom is -0.490 e. The van der Waals surface area contributed by atoms with Gasteiger partial charge in [0, 0.05) is 6.04 Å². The Balaban J connectivity index is 1.46. The molecule has 0 aliphatic heterocycles. The number of ether oxygens (including phenoxy) is 1. The van der Waals surface area contributed by atoms with Crippen LogP contribution in [0.15, 0.2) is 18.2 Å². The number of carboxylic acid groups (broad SMARTS) is 1. The Bertz CT molecular complexity index is 685. The second kappa shape index (κ2) is 8.59. The van der Waals surface area contributed by atoms with Crippen LogP contribution in [0, 0.1) is 17.7 Å². The van der Waals surface area contributed by atoms with Crippen molar-refractivity contribution in [1.82, 2.24) is 10.6 Å². The molecule has 7 heteroatoms. The predicted octanol–water partition coefficient (Wildman–Crippen LogP) is 3.62. The van der Waals surface area contributed by atoms with Crippen molar-refractivity contribution in [3.63, 3.8) is 0 Å². The zero-order valence-electron chi connectivity index (χ0n) is 15.5. The molecule has 6 nitrogen and oxygen atoms in total. The molecule has 0 bridgehead atoms. The second-order valence-corrected chi connectivity index (χ2v) is 7.67. The lowest BCUT2D eigenvalue weighted by molar-refractivity contribution is -0.142. The van der Waals surface area contributed by atoms with Crippen molar-refractivity contribution in [2.75, 3.05) is 6.61 Å². The maximum Gasteiger partial charge on any atom is 0.315 e. The summed E-state index contributed by atoms with van der Waals surface area (Å²) in [7, 11) is 0. The Kier molecular flexibility index (Phi) is 6.19. The smallest absolute Gasteiger partial charge is 0.315 e. The van der Waals surface area contributed by atoms with Crippen molar-refractivity contribution in [2.24, 2.45) is 11.8 Å². The van der Waals surface area contributed by atoms with Crippen molar-refractivity contribution in [3.8, 4) is 5.75 Å². The van der Waals surface area contributed by atoms with Gasteiger partial charge in [-0.2, -0.15) is 0 Å². The van der Waals surface area contributed by atoms with Gasteiger partial charge in [0.15, 0.2) is 11.6 Å². The summed E-state index contributed by atoms with van der Waals surface area (Å²) >= 11 is 0. The van der Waals surface area contributed by atoms with E-state index in [1.165, 1.54) is 6.07 Å². The van der Waals surface area contributed by atoms with E-state index in [9.17, 15) is 14.0 Å². The van der Waals surface area contributed by atoms with Crippen LogP contribution in [-0.2, 0) is 4.79 Å². The Morgan fingerprint density at radius 2 is 1.93 bits per heavy atom. The summed E-state index contributed by atoms with van der Waals surface area (Å²) in [5.74, 6) is -0.697.